The van der Waals surface area contributed by atoms with E-state index in [0.717, 1.165) is 30.4 Å². The Morgan fingerprint density at radius 2 is 1.71 bits per heavy atom. The lowest BCUT2D eigenvalue weighted by atomic mass is 10.0. The molecule has 1 aliphatic rings. The summed E-state index contributed by atoms with van der Waals surface area (Å²) in [5.41, 5.74) is 3.48. The van der Waals surface area contributed by atoms with Gasteiger partial charge in [0.25, 0.3) is 0 Å². The highest BCUT2D eigenvalue weighted by Gasteiger charge is 2.46. The summed E-state index contributed by atoms with van der Waals surface area (Å²) in [5.74, 6) is 1.33. The fourth-order valence-electron chi connectivity index (χ4n) is 3.43. The number of epoxide rings is 1. The average Bonchev–Trinajstić information content (AvgIpc) is 3.37. The van der Waals surface area contributed by atoms with Crippen molar-refractivity contribution in [3.8, 4) is 11.5 Å². The number of methoxy groups -OCH3 is 2. The predicted molar refractivity (Wildman–Crippen MR) is 139 cm³/mol. The molecule has 6 nitrogen and oxygen atoms in total. The molecule has 1 heterocycles. The van der Waals surface area contributed by atoms with Crippen molar-refractivity contribution in [2.45, 2.75) is 97.2 Å². The Hall–Kier alpha value is -1.38. The van der Waals surface area contributed by atoms with E-state index in [0.29, 0.717) is 24.2 Å². The maximum atomic E-state index is 6.49. The molecule has 0 radical (unpaired) electrons. The third-order valence-electron chi connectivity index (χ3n) is 6.89. The highest BCUT2D eigenvalue weighted by atomic mass is 28.4. The molecular weight excluding hydrogens is 448 g/mol. The van der Waals surface area contributed by atoms with Gasteiger partial charge in [-0.3, -0.25) is 0 Å². The summed E-state index contributed by atoms with van der Waals surface area (Å²) >= 11 is 0. The average molecular weight is 495 g/mol. The molecular formula is C27H46O6Si. The molecule has 1 aromatic carbocycles. The van der Waals surface area contributed by atoms with Crippen LogP contribution in [0.15, 0.2) is 23.8 Å². The van der Waals surface area contributed by atoms with E-state index in [9.17, 15) is 0 Å². The summed E-state index contributed by atoms with van der Waals surface area (Å²) in [5, 5.41) is 0.145. The SMILES string of the molecule is COCOc1cc(CO[Si](C)(C)C(C)(C)C)cc(C/C=C(\C)CC[C@H]2OC2(C)C)c1OCOC. The first-order valence-corrected chi connectivity index (χ1v) is 15.1. The van der Waals surface area contributed by atoms with Gasteiger partial charge in [0.1, 0.15) is 0 Å². The molecule has 0 unspecified atom stereocenters. The lowest BCUT2D eigenvalue weighted by Crippen LogP contribution is -2.40. The number of rotatable bonds is 14. The first-order chi connectivity index (χ1) is 15.8. The molecule has 1 saturated heterocycles. The molecule has 1 aliphatic heterocycles. The van der Waals surface area contributed by atoms with Crippen molar-refractivity contribution < 1.29 is 28.1 Å². The van der Waals surface area contributed by atoms with Crippen molar-refractivity contribution in [3.63, 3.8) is 0 Å². The summed E-state index contributed by atoms with van der Waals surface area (Å²) in [4.78, 5) is 0. The van der Waals surface area contributed by atoms with Gasteiger partial charge in [-0.1, -0.05) is 32.4 Å². The van der Waals surface area contributed by atoms with Crippen LogP contribution in [0.25, 0.3) is 0 Å². The zero-order chi connectivity index (χ0) is 25.6. The van der Waals surface area contributed by atoms with Gasteiger partial charge < -0.3 is 28.1 Å². The molecule has 0 bridgehead atoms. The normalized spacial score (nSPS) is 18.2. The molecule has 34 heavy (non-hydrogen) atoms. The van der Waals surface area contributed by atoms with Gasteiger partial charge in [-0.15, -0.1) is 0 Å². The monoisotopic (exact) mass is 494 g/mol. The summed E-state index contributed by atoms with van der Waals surface area (Å²) < 4.78 is 34.4. The zero-order valence-electron chi connectivity index (χ0n) is 23.0. The number of ether oxygens (including phenoxy) is 5. The summed E-state index contributed by atoms with van der Waals surface area (Å²) in [6.07, 6.45) is 5.43. The van der Waals surface area contributed by atoms with Gasteiger partial charge in [0.05, 0.1) is 18.3 Å². The zero-order valence-corrected chi connectivity index (χ0v) is 24.0. The Morgan fingerprint density at radius 1 is 1.09 bits per heavy atom. The van der Waals surface area contributed by atoms with E-state index in [4.69, 9.17) is 28.1 Å². The molecule has 0 N–H and O–H groups in total. The number of allylic oxidation sites excluding steroid dienone is 2. The van der Waals surface area contributed by atoms with Crippen LogP contribution in [0.2, 0.25) is 18.1 Å². The fraction of sp³-hybridized carbons (Fsp3) is 0.704. The van der Waals surface area contributed by atoms with Crippen LogP contribution in [0, 0.1) is 0 Å². The number of hydrogen-bond donors (Lipinski definition) is 0. The molecule has 0 spiro atoms. The van der Waals surface area contributed by atoms with Crippen LogP contribution in [0.5, 0.6) is 11.5 Å². The maximum Gasteiger partial charge on any atom is 0.192 e. The second-order valence-electron chi connectivity index (χ2n) is 11.2. The van der Waals surface area contributed by atoms with Crippen molar-refractivity contribution >= 4 is 8.32 Å². The molecule has 0 saturated carbocycles. The standard InChI is InChI=1S/C27H46O6Si/c1-20(12-14-24-27(5,6)33-24)11-13-22-15-21(17-32-34(9,10)26(2,3)4)16-23(30-18-28-7)25(22)31-19-29-8/h11,15-16,24H,12-14,17-19H2,1-10H3/b20-11+/t24-/m1/s1. The van der Waals surface area contributed by atoms with Crippen LogP contribution in [0.4, 0.5) is 0 Å². The second-order valence-corrected chi connectivity index (χ2v) is 16.0. The first-order valence-electron chi connectivity index (χ1n) is 12.2. The minimum absolute atomic E-state index is 0.0352. The maximum absolute atomic E-state index is 6.49. The topological polar surface area (TPSA) is 58.7 Å². The Bertz CT molecular complexity index is 825. The highest BCUT2D eigenvalue weighted by molar-refractivity contribution is 6.74. The number of benzene rings is 1. The van der Waals surface area contributed by atoms with Gasteiger partial charge in [-0.05, 0) is 75.9 Å². The van der Waals surface area contributed by atoms with Gasteiger partial charge in [0.2, 0.25) is 0 Å². The molecule has 1 atom stereocenters. The first kappa shape index (κ1) is 28.9. The van der Waals surface area contributed by atoms with Gasteiger partial charge in [-0.25, -0.2) is 0 Å². The molecule has 194 valence electrons. The molecule has 7 heteroatoms. The van der Waals surface area contributed by atoms with E-state index in [1.54, 1.807) is 14.2 Å². The Balaban J connectivity index is 2.26. The Kier molecular flexibility index (Phi) is 10.2. The van der Waals surface area contributed by atoms with Crippen LogP contribution in [-0.4, -0.2) is 47.8 Å². The van der Waals surface area contributed by atoms with E-state index in [1.165, 1.54) is 5.57 Å². The molecule has 0 aromatic heterocycles. The van der Waals surface area contributed by atoms with Crippen molar-refractivity contribution in [1.29, 1.82) is 0 Å². The van der Waals surface area contributed by atoms with Gasteiger partial charge in [0.15, 0.2) is 33.4 Å². The lowest BCUT2D eigenvalue weighted by Gasteiger charge is -2.36. The minimum atomic E-state index is -1.89. The van der Waals surface area contributed by atoms with Crippen molar-refractivity contribution in [1.82, 2.24) is 0 Å². The Morgan fingerprint density at radius 3 is 2.26 bits per heavy atom. The summed E-state index contributed by atoms with van der Waals surface area (Å²) in [6.45, 7) is 18.6. The molecule has 2 rings (SSSR count). The predicted octanol–water partition coefficient (Wildman–Crippen LogP) is 6.62. The van der Waals surface area contributed by atoms with Crippen molar-refractivity contribution in [2.24, 2.45) is 0 Å². The molecule has 0 aliphatic carbocycles. The van der Waals surface area contributed by atoms with Gasteiger partial charge in [-0.2, -0.15) is 0 Å². The number of hydrogen-bond acceptors (Lipinski definition) is 6. The van der Waals surface area contributed by atoms with E-state index in [2.05, 4.69) is 66.8 Å². The van der Waals surface area contributed by atoms with Crippen LogP contribution in [0.1, 0.15) is 65.5 Å². The van der Waals surface area contributed by atoms with E-state index < -0.39 is 8.32 Å². The summed E-state index contributed by atoms with van der Waals surface area (Å²) in [7, 11) is 1.34. The van der Waals surface area contributed by atoms with Crippen molar-refractivity contribution in [2.75, 3.05) is 27.8 Å². The third kappa shape index (κ3) is 8.38. The third-order valence-corrected chi connectivity index (χ3v) is 11.4. The minimum Gasteiger partial charge on any atom is -0.464 e. The van der Waals surface area contributed by atoms with Crippen LogP contribution in [0.3, 0.4) is 0 Å². The fourth-order valence-corrected chi connectivity index (χ4v) is 4.39. The van der Waals surface area contributed by atoms with Crippen LogP contribution >= 0.6 is 0 Å². The van der Waals surface area contributed by atoms with E-state index in [-0.39, 0.29) is 24.2 Å². The van der Waals surface area contributed by atoms with Gasteiger partial charge in [0, 0.05) is 19.8 Å². The quantitative estimate of drug-likeness (QED) is 0.125. The molecule has 1 fully saturated rings. The molecule has 1 aromatic rings. The van der Waals surface area contributed by atoms with Crippen molar-refractivity contribution in [3.05, 3.63) is 34.9 Å². The van der Waals surface area contributed by atoms with Gasteiger partial charge >= 0.3 is 0 Å². The van der Waals surface area contributed by atoms with Crippen LogP contribution < -0.4 is 9.47 Å². The highest BCUT2D eigenvalue weighted by Crippen LogP contribution is 2.40. The Labute approximate surface area is 208 Å². The van der Waals surface area contributed by atoms with E-state index >= 15 is 0 Å². The lowest BCUT2D eigenvalue weighted by molar-refractivity contribution is 0.0316. The summed E-state index contributed by atoms with van der Waals surface area (Å²) in [6, 6.07) is 4.15. The molecule has 0 amide bonds. The van der Waals surface area contributed by atoms with E-state index in [1.807, 2.05) is 6.07 Å². The smallest absolute Gasteiger partial charge is 0.192 e. The largest absolute Gasteiger partial charge is 0.464 e. The second kappa shape index (κ2) is 12.0. The van der Waals surface area contributed by atoms with Crippen LogP contribution in [-0.2, 0) is 31.7 Å².